The minimum Gasteiger partial charge on any atom is -0.380 e. The Bertz CT molecular complexity index is 505. The summed E-state index contributed by atoms with van der Waals surface area (Å²) in [6.45, 7) is 6.64. The number of ether oxygens (including phenoxy) is 1. The van der Waals surface area contributed by atoms with Gasteiger partial charge in [-0.3, -0.25) is 0 Å². The standard InChI is InChI=1S/C14H21N3O/c1-11(2)7-9-18-10-8-17-13-6-4-3-5-12(13)16-14(17)15/h3-6,11H,7-10H2,1-2H3,(H2,15,16). The van der Waals surface area contributed by atoms with E-state index < -0.39 is 0 Å². The second-order valence-corrected chi connectivity index (χ2v) is 4.91. The normalized spacial score (nSPS) is 11.5. The van der Waals surface area contributed by atoms with Crippen LogP contribution >= 0.6 is 0 Å². The number of imidazole rings is 1. The summed E-state index contributed by atoms with van der Waals surface area (Å²) in [4.78, 5) is 4.33. The summed E-state index contributed by atoms with van der Waals surface area (Å²) in [5, 5.41) is 0. The van der Waals surface area contributed by atoms with Crippen molar-refractivity contribution in [3.05, 3.63) is 24.3 Å². The van der Waals surface area contributed by atoms with Crippen LogP contribution < -0.4 is 5.73 Å². The number of hydrogen-bond donors (Lipinski definition) is 1. The first-order chi connectivity index (χ1) is 8.68. The molecule has 0 aliphatic heterocycles. The van der Waals surface area contributed by atoms with Crippen LogP contribution in [0.25, 0.3) is 11.0 Å². The molecule has 0 amide bonds. The van der Waals surface area contributed by atoms with Crippen molar-refractivity contribution in [3.63, 3.8) is 0 Å². The van der Waals surface area contributed by atoms with Gasteiger partial charge in [-0.25, -0.2) is 4.98 Å². The minimum absolute atomic E-state index is 0.559. The van der Waals surface area contributed by atoms with Crippen LogP contribution in [0.4, 0.5) is 5.95 Å². The Labute approximate surface area is 108 Å². The summed E-state index contributed by atoms with van der Waals surface area (Å²) in [5.74, 6) is 1.24. The highest BCUT2D eigenvalue weighted by molar-refractivity contribution is 5.78. The topological polar surface area (TPSA) is 53.1 Å². The maximum absolute atomic E-state index is 5.91. The zero-order valence-corrected chi connectivity index (χ0v) is 11.1. The van der Waals surface area contributed by atoms with Crippen LogP contribution in [-0.2, 0) is 11.3 Å². The van der Waals surface area contributed by atoms with E-state index in [-0.39, 0.29) is 0 Å². The van der Waals surface area contributed by atoms with Gasteiger partial charge in [0.15, 0.2) is 0 Å². The van der Waals surface area contributed by atoms with Crippen molar-refractivity contribution in [3.8, 4) is 0 Å². The molecule has 4 nitrogen and oxygen atoms in total. The van der Waals surface area contributed by atoms with E-state index in [4.69, 9.17) is 10.5 Å². The molecule has 2 N–H and O–H groups in total. The lowest BCUT2D eigenvalue weighted by Crippen LogP contribution is -2.10. The molecule has 1 aromatic heterocycles. The Kier molecular flexibility index (Phi) is 4.20. The van der Waals surface area contributed by atoms with Crippen molar-refractivity contribution in [1.29, 1.82) is 0 Å². The van der Waals surface area contributed by atoms with E-state index in [9.17, 15) is 0 Å². The number of nitrogens with two attached hydrogens (primary N) is 1. The first-order valence-electron chi connectivity index (χ1n) is 6.47. The van der Waals surface area contributed by atoms with Gasteiger partial charge in [0.05, 0.1) is 17.6 Å². The third-order valence-corrected chi connectivity index (χ3v) is 2.98. The molecule has 4 heteroatoms. The molecule has 2 aromatic rings. The van der Waals surface area contributed by atoms with Crippen LogP contribution in [0, 0.1) is 5.92 Å². The molecule has 0 bridgehead atoms. The summed E-state index contributed by atoms with van der Waals surface area (Å²) < 4.78 is 7.62. The maximum Gasteiger partial charge on any atom is 0.201 e. The SMILES string of the molecule is CC(C)CCOCCn1c(N)nc2ccccc21. The molecule has 0 saturated heterocycles. The highest BCUT2D eigenvalue weighted by Gasteiger charge is 2.06. The predicted molar refractivity (Wildman–Crippen MR) is 74.4 cm³/mol. The van der Waals surface area contributed by atoms with E-state index in [1.165, 1.54) is 0 Å². The highest BCUT2D eigenvalue weighted by Crippen LogP contribution is 2.16. The Morgan fingerprint density at radius 2 is 2.06 bits per heavy atom. The van der Waals surface area contributed by atoms with E-state index in [2.05, 4.69) is 18.8 Å². The van der Waals surface area contributed by atoms with Gasteiger partial charge in [0.1, 0.15) is 0 Å². The summed E-state index contributed by atoms with van der Waals surface area (Å²) in [7, 11) is 0. The van der Waals surface area contributed by atoms with Crippen LogP contribution in [0.15, 0.2) is 24.3 Å². The smallest absolute Gasteiger partial charge is 0.201 e. The first kappa shape index (κ1) is 12.9. The van der Waals surface area contributed by atoms with Gasteiger partial charge in [-0.15, -0.1) is 0 Å². The van der Waals surface area contributed by atoms with E-state index in [0.29, 0.717) is 18.5 Å². The Morgan fingerprint density at radius 1 is 1.28 bits per heavy atom. The Hall–Kier alpha value is -1.55. The molecule has 0 atom stereocenters. The first-order valence-corrected chi connectivity index (χ1v) is 6.47. The van der Waals surface area contributed by atoms with Crippen molar-refractivity contribution in [1.82, 2.24) is 9.55 Å². The minimum atomic E-state index is 0.559. The van der Waals surface area contributed by atoms with Gasteiger partial charge in [0.25, 0.3) is 0 Å². The van der Waals surface area contributed by atoms with E-state index in [1.54, 1.807) is 0 Å². The van der Waals surface area contributed by atoms with Crippen LogP contribution in [0.2, 0.25) is 0 Å². The third kappa shape index (κ3) is 3.01. The lowest BCUT2D eigenvalue weighted by Gasteiger charge is -2.08. The van der Waals surface area contributed by atoms with E-state index in [1.807, 2.05) is 28.8 Å². The number of benzene rings is 1. The zero-order chi connectivity index (χ0) is 13.0. The molecule has 18 heavy (non-hydrogen) atoms. The fraction of sp³-hybridized carbons (Fsp3) is 0.500. The maximum atomic E-state index is 5.91. The fourth-order valence-corrected chi connectivity index (χ4v) is 1.91. The Morgan fingerprint density at radius 3 is 2.83 bits per heavy atom. The van der Waals surface area contributed by atoms with Crippen LogP contribution in [0.3, 0.4) is 0 Å². The second-order valence-electron chi connectivity index (χ2n) is 4.91. The number of fused-ring (bicyclic) bond motifs is 1. The van der Waals surface area contributed by atoms with Crippen LogP contribution in [0.5, 0.6) is 0 Å². The molecular weight excluding hydrogens is 226 g/mol. The van der Waals surface area contributed by atoms with Crippen molar-refractivity contribution < 1.29 is 4.74 Å². The molecule has 2 rings (SSSR count). The molecule has 0 radical (unpaired) electrons. The van der Waals surface area contributed by atoms with Crippen molar-refractivity contribution in [2.45, 2.75) is 26.8 Å². The van der Waals surface area contributed by atoms with Crippen molar-refractivity contribution in [2.24, 2.45) is 5.92 Å². The zero-order valence-electron chi connectivity index (χ0n) is 11.1. The second kappa shape index (κ2) is 5.87. The summed E-state index contributed by atoms with van der Waals surface area (Å²) in [6.07, 6.45) is 1.10. The number of aromatic nitrogens is 2. The van der Waals surface area contributed by atoms with Gasteiger partial charge in [-0.05, 0) is 24.5 Å². The molecule has 0 aliphatic carbocycles. The van der Waals surface area contributed by atoms with Gasteiger partial charge in [0, 0.05) is 13.2 Å². The molecular formula is C14H21N3O. The fourth-order valence-electron chi connectivity index (χ4n) is 1.91. The number of anilines is 1. The number of rotatable bonds is 6. The number of nitrogens with zero attached hydrogens (tertiary/aromatic N) is 2. The van der Waals surface area contributed by atoms with Crippen LogP contribution in [-0.4, -0.2) is 22.8 Å². The molecule has 0 saturated carbocycles. The van der Waals surface area contributed by atoms with Gasteiger partial charge in [-0.2, -0.15) is 0 Å². The van der Waals surface area contributed by atoms with Gasteiger partial charge >= 0.3 is 0 Å². The van der Waals surface area contributed by atoms with Crippen molar-refractivity contribution in [2.75, 3.05) is 18.9 Å². The number of para-hydroxylation sites is 2. The predicted octanol–water partition coefficient (Wildman–Crippen LogP) is 2.68. The average Bonchev–Trinajstić information content (AvgIpc) is 2.65. The summed E-state index contributed by atoms with van der Waals surface area (Å²) >= 11 is 0. The molecule has 0 aliphatic rings. The number of hydrogen-bond acceptors (Lipinski definition) is 3. The van der Waals surface area contributed by atoms with Crippen molar-refractivity contribution >= 4 is 17.0 Å². The van der Waals surface area contributed by atoms with Gasteiger partial charge in [0.2, 0.25) is 5.95 Å². The average molecular weight is 247 g/mol. The van der Waals surface area contributed by atoms with Crippen LogP contribution in [0.1, 0.15) is 20.3 Å². The highest BCUT2D eigenvalue weighted by atomic mass is 16.5. The lowest BCUT2D eigenvalue weighted by atomic mass is 10.1. The monoisotopic (exact) mass is 247 g/mol. The molecule has 1 heterocycles. The molecule has 98 valence electrons. The molecule has 0 fully saturated rings. The molecule has 0 unspecified atom stereocenters. The number of nitrogen functional groups attached to an aromatic ring is 1. The van der Waals surface area contributed by atoms with E-state index in [0.717, 1.165) is 30.6 Å². The third-order valence-electron chi connectivity index (χ3n) is 2.98. The van der Waals surface area contributed by atoms with Gasteiger partial charge in [-0.1, -0.05) is 26.0 Å². The quantitative estimate of drug-likeness (QED) is 0.798. The molecule has 1 aromatic carbocycles. The van der Waals surface area contributed by atoms with Gasteiger partial charge < -0.3 is 15.0 Å². The summed E-state index contributed by atoms with van der Waals surface area (Å²) in [6, 6.07) is 7.98. The summed E-state index contributed by atoms with van der Waals surface area (Å²) in [5.41, 5.74) is 7.93. The Balaban J connectivity index is 1.93. The lowest BCUT2D eigenvalue weighted by molar-refractivity contribution is 0.117. The largest absolute Gasteiger partial charge is 0.380 e. The molecule has 0 spiro atoms. The van der Waals surface area contributed by atoms with E-state index >= 15 is 0 Å².